The minimum absolute atomic E-state index is 0.612. The summed E-state index contributed by atoms with van der Waals surface area (Å²) in [5, 5.41) is 9.85. The van der Waals surface area contributed by atoms with E-state index in [1.807, 2.05) is 12.1 Å². The zero-order chi connectivity index (χ0) is 25.6. The van der Waals surface area contributed by atoms with Crippen LogP contribution in [0, 0.1) is 11.3 Å². The first kappa shape index (κ1) is 23.8. The number of aromatic nitrogens is 4. The van der Waals surface area contributed by atoms with Crippen LogP contribution in [-0.2, 0) is 12.8 Å². The molecule has 0 saturated heterocycles. The van der Waals surface area contributed by atoms with Gasteiger partial charge in [0.05, 0.1) is 33.9 Å². The fraction of sp³-hybridized carbons (Fsp3) is 0.323. The van der Waals surface area contributed by atoms with Gasteiger partial charge in [-0.25, -0.2) is 9.97 Å². The maximum atomic E-state index is 9.85. The van der Waals surface area contributed by atoms with E-state index in [9.17, 15) is 5.26 Å². The number of rotatable bonds is 4. The van der Waals surface area contributed by atoms with Crippen molar-refractivity contribution in [2.45, 2.75) is 67.2 Å². The Kier molecular flexibility index (Phi) is 6.14. The normalized spacial score (nSPS) is 13.5. The maximum absolute atomic E-state index is 9.85. The third-order valence-corrected chi connectivity index (χ3v) is 7.60. The summed E-state index contributed by atoms with van der Waals surface area (Å²) in [5.41, 5.74) is 15.9. The van der Waals surface area contributed by atoms with Gasteiger partial charge in [-0.1, -0.05) is 27.7 Å². The van der Waals surface area contributed by atoms with Gasteiger partial charge >= 0.3 is 0 Å². The monoisotopic (exact) mass is 475 g/mol. The molecule has 2 N–H and O–H groups in total. The lowest BCUT2D eigenvalue weighted by atomic mass is 10.0. The Morgan fingerprint density at radius 3 is 1.61 bits per heavy atom. The van der Waals surface area contributed by atoms with Gasteiger partial charge in [0, 0.05) is 16.6 Å². The average Bonchev–Trinajstić information content (AvgIpc) is 3.57. The molecule has 5 heterocycles. The van der Waals surface area contributed by atoms with E-state index in [0.717, 1.165) is 70.5 Å². The van der Waals surface area contributed by atoms with Crippen LogP contribution in [0.1, 0.15) is 93.9 Å². The largest absolute Gasteiger partial charge is 0.355 e. The number of nitrogens with one attached hydrogen (secondary N) is 2. The highest BCUT2D eigenvalue weighted by Crippen LogP contribution is 2.35. The number of aromatic amines is 2. The fourth-order valence-corrected chi connectivity index (χ4v) is 5.68. The van der Waals surface area contributed by atoms with E-state index < -0.39 is 0 Å². The van der Waals surface area contributed by atoms with E-state index >= 15 is 0 Å². The third kappa shape index (κ3) is 3.78. The van der Waals surface area contributed by atoms with Crippen molar-refractivity contribution < 1.29 is 0 Å². The zero-order valence-electron chi connectivity index (χ0n) is 22.1. The number of allylic oxidation sites excluding steroid dienone is 4. The quantitative estimate of drug-likeness (QED) is 0.401. The number of aryl methyl sites for hydroxylation is 2. The molecule has 182 valence electrons. The van der Waals surface area contributed by atoms with Crippen molar-refractivity contribution in [2.75, 3.05) is 0 Å². The number of hydrogen-bond acceptors (Lipinski definition) is 3. The molecule has 36 heavy (non-hydrogen) atoms. The summed E-state index contributed by atoms with van der Waals surface area (Å²) in [6.07, 6.45) is 3.67. The van der Waals surface area contributed by atoms with Crippen LogP contribution < -0.4 is 0 Å². The predicted octanol–water partition coefficient (Wildman–Crippen LogP) is 7.99. The Labute approximate surface area is 212 Å². The molecule has 0 aromatic carbocycles. The summed E-state index contributed by atoms with van der Waals surface area (Å²) in [5.74, 6) is 0. The minimum Gasteiger partial charge on any atom is -0.355 e. The topological polar surface area (TPSA) is 81.2 Å². The van der Waals surface area contributed by atoms with Gasteiger partial charge in [0.1, 0.15) is 6.07 Å². The molecular formula is C31H33N5. The maximum Gasteiger partial charge on any atom is 0.101 e. The summed E-state index contributed by atoms with van der Waals surface area (Å²) in [7, 11) is 0. The van der Waals surface area contributed by atoms with Crippen LogP contribution in [0.15, 0.2) is 30.3 Å². The molecule has 0 amide bonds. The molecule has 5 nitrogen and oxygen atoms in total. The summed E-state index contributed by atoms with van der Waals surface area (Å²) >= 11 is 0. The first-order chi connectivity index (χ1) is 17.4. The van der Waals surface area contributed by atoms with Gasteiger partial charge in [0.25, 0.3) is 0 Å². The summed E-state index contributed by atoms with van der Waals surface area (Å²) in [6.45, 7) is 13.1. The molecule has 2 aliphatic heterocycles. The fourth-order valence-electron chi connectivity index (χ4n) is 5.68. The molecule has 0 aliphatic carbocycles. The number of fused-ring (bicyclic) bond motifs is 8. The van der Waals surface area contributed by atoms with Crippen LogP contribution in [0.25, 0.3) is 44.4 Å². The van der Waals surface area contributed by atoms with Crippen molar-refractivity contribution in [2.24, 2.45) is 0 Å². The standard InChI is InChI=1S/C31H33N5/c1-7-21-17(5)25-13-30-23(9-3)24(10-4)31(36-30)14-26-18(6)22(8-2)29(35-26)15-27-19(16-32)11-20(33-27)12-28(21)34-25/h11-15,33,36H,7-10H2,1-6H3. The minimum atomic E-state index is 0.612. The molecular weight excluding hydrogens is 442 g/mol. The second-order valence-electron chi connectivity index (χ2n) is 9.54. The molecule has 0 saturated carbocycles. The average molecular weight is 476 g/mol. The van der Waals surface area contributed by atoms with Crippen LogP contribution in [0.2, 0.25) is 0 Å². The Morgan fingerprint density at radius 1 is 0.639 bits per heavy atom. The number of nitrogens with zero attached hydrogens (tertiary/aromatic N) is 3. The number of H-pyrrole nitrogens is 2. The molecule has 0 spiro atoms. The number of hydrogen-bond donors (Lipinski definition) is 2. The molecule has 0 fully saturated rings. The SMILES string of the molecule is CCC1=C(C)c2cc3[nH]c(cc4nc(cc5[nH]c(cc1n2)cc5C#N)C(CC)=C4C)c(CC)c3CC. The van der Waals surface area contributed by atoms with Gasteiger partial charge < -0.3 is 9.97 Å². The zero-order valence-corrected chi connectivity index (χ0v) is 22.1. The van der Waals surface area contributed by atoms with Crippen LogP contribution in [0.4, 0.5) is 0 Å². The van der Waals surface area contributed by atoms with Gasteiger partial charge in [-0.2, -0.15) is 5.26 Å². The van der Waals surface area contributed by atoms with Crippen molar-refractivity contribution in [3.05, 3.63) is 69.8 Å². The van der Waals surface area contributed by atoms with Gasteiger partial charge in [0.15, 0.2) is 0 Å². The van der Waals surface area contributed by atoms with Gasteiger partial charge in [-0.05, 0) is 103 Å². The highest BCUT2D eigenvalue weighted by Gasteiger charge is 2.19. The summed E-state index contributed by atoms with van der Waals surface area (Å²) in [6, 6.07) is 12.7. The van der Waals surface area contributed by atoms with E-state index in [1.54, 1.807) is 0 Å². The van der Waals surface area contributed by atoms with E-state index in [-0.39, 0.29) is 0 Å². The number of nitriles is 1. The van der Waals surface area contributed by atoms with Crippen LogP contribution in [0.3, 0.4) is 0 Å². The molecule has 5 heteroatoms. The van der Waals surface area contributed by atoms with Crippen LogP contribution >= 0.6 is 0 Å². The summed E-state index contributed by atoms with van der Waals surface area (Å²) in [4.78, 5) is 17.3. The van der Waals surface area contributed by atoms with Gasteiger partial charge in [0.2, 0.25) is 0 Å². The smallest absolute Gasteiger partial charge is 0.101 e. The van der Waals surface area contributed by atoms with Crippen molar-refractivity contribution in [1.29, 1.82) is 5.26 Å². The van der Waals surface area contributed by atoms with Gasteiger partial charge in [-0.3, -0.25) is 0 Å². The second kappa shape index (κ2) is 9.28. The van der Waals surface area contributed by atoms with Crippen LogP contribution in [0.5, 0.6) is 0 Å². The summed E-state index contributed by atoms with van der Waals surface area (Å²) < 4.78 is 0. The van der Waals surface area contributed by atoms with Gasteiger partial charge in [-0.15, -0.1) is 0 Å². The van der Waals surface area contributed by atoms with Crippen molar-refractivity contribution >= 4 is 44.4 Å². The first-order valence-electron chi connectivity index (χ1n) is 13.0. The molecule has 3 aromatic heterocycles. The molecule has 0 radical (unpaired) electrons. The van der Waals surface area contributed by atoms with Crippen molar-refractivity contribution in [3.8, 4) is 6.07 Å². The highest BCUT2D eigenvalue weighted by atomic mass is 14.8. The van der Waals surface area contributed by atoms with E-state index in [1.165, 1.54) is 33.4 Å². The molecule has 0 atom stereocenters. The van der Waals surface area contributed by atoms with Crippen molar-refractivity contribution in [3.63, 3.8) is 0 Å². The first-order valence-corrected chi connectivity index (χ1v) is 13.0. The lowest BCUT2D eigenvalue weighted by molar-refractivity contribution is 1.07. The molecule has 2 aliphatic rings. The highest BCUT2D eigenvalue weighted by molar-refractivity contribution is 5.94. The Morgan fingerprint density at radius 2 is 1.14 bits per heavy atom. The molecule has 3 aromatic rings. The predicted molar refractivity (Wildman–Crippen MR) is 150 cm³/mol. The lowest BCUT2D eigenvalue weighted by Crippen LogP contribution is -1.86. The molecule has 5 rings (SSSR count). The third-order valence-electron chi connectivity index (χ3n) is 7.60. The Balaban J connectivity index is 1.99. The van der Waals surface area contributed by atoms with Crippen molar-refractivity contribution in [1.82, 2.24) is 19.9 Å². The van der Waals surface area contributed by atoms with E-state index in [0.29, 0.717) is 5.56 Å². The molecule has 8 bridgehead atoms. The molecule has 0 unspecified atom stereocenters. The Hall–Kier alpha value is -3.91. The van der Waals surface area contributed by atoms with Crippen LogP contribution in [-0.4, -0.2) is 19.9 Å². The Bertz CT molecular complexity index is 1650. The lowest BCUT2D eigenvalue weighted by Gasteiger charge is -2.00. The van der Waals surface area contributed by atoms with E-state index in [4.69, 9.17) is 9.97 Å². The van der Waals surface area contributed by atoms with E-state index in [2.05, 4.69) is 75.8 Å². The second-order valence-corrected chi connectivity index (χ2v) is 9.54.